The predicted octanol–water partition coefficient (Wildman–Crippen LogP) is 3.79. The van der Waals surface area contributed by atoms with Crippen LogP contribution in [0, 0.1) is 0 Å². The van der Waals surface area contributed by atoms with Crippen molar-refractivity contribution in [3.8, 4) is 0 Å². The summed E-state index contributed by atoms with van der Waals surface area (Å²) in [5.41, 5.74) is 1.85. The van der Waals surface area contributed by atoms with Gasteiger partial charge >= 0.3 is 0 Å². The minimum Gasteiger partial charge on any atom is -0.324 e. The normalized spacial score (nSPS) is 10.4. The first-order chi connectivity index (χ1) is 10.2. The number of amides is 1. The first-order valence-corrected chi connectivity index (χ1v) is 7.96. The Morgan fingerprint density at radius 2 is 2.00 bits per heavy atom. The summed E-state index contributed by atoms with van der Waals surface area (Å²) >= 11 is 7.52. The minimum atomic E-state index is -0.0629. The number of carbonyl (C=O) groups is 1. The SMILES string of the molecule is CNCc1cccc(SCC(=O)Nc2ccccc2Cl)c1. The Morgan fingerprint density at radius 3 is 2.76 bits per heavy atom. The molecule has 0 saturated carbocycles. The molecule has 0 aliphatic carbocycles. The quantitative estimate of drug-likeness (QED) is 0.796. The largest absolute Gasteiger partial charge is 0.324 e. The monoisotopic (exact) mass is 320 g/mol. The van der Waals surface area contributed by atoms with Crippen LogP contribution < -0.4 is 10.6 Å². The van der Waals surface area contributed by atoms with E-state index in [4.69, 9.17) is 11.6 Å². The van der Waals surface area contributed by atoms with Gasteiger partial charge in [0.05, 0.1) is 16.5 Å². The molecule has 110 valence electrons. The predicted molar refractivity (Wildman–Crippen MR) is 90.0 cm³/mol. The fourth-order valence-corrected chi connectivity index (χ4v) is 2.81. The third-order valence-electron chi connectivity index (χ3n) is 2.80. The van der Waals surface area contributed by atoms with Crippen molar-refractivity contribution in [2.45, 2.75) is 11.4 Å². The van der Waals surface area contributed by atoms with Gasteiger partial charge in [0.15, 0.2) is 0 Å². The van der Waals surface area contributed by atoms with E-state index < -0.39 is 0 Å². The number of hydrogen-bond donors (Lipinski definition) is 2. The van der Waals surface area contributed by atoms with Gasteiger partial charge in [0.25, 0.3) is 0 Å². The van der Waals surface area contributed by atoms with Gasteiger partial charge in [0, 0.05) is 11.4 Å². The fraction of sp³-hybridized carbons (Fsp3) is 0.188. The van der Waals surface area contributed by atoms with Crippen molar-refractivity contribution in [2.24, 2.45) is 0 Å². The minimum absolute atomic E-state index is 0.0629. The van der Waals surface area contributed by atoms with Crippen molar-refractivity contribution in [3.63, 3.8) is 0 Å². The number of anilines is 1. The number of benzene rings is 2. The average molecular weight is 321 g/mol. The summed E-state index contributed by atoms with van der Waals surface area (Å²) in [7, 11) is 1.91. The van der Waals surface area contributed by atoms with Crippen LogP contribution >= 0.6 is 23.4 Å². The second kappa shape index (κ2) is 8.08. The molecule has 0 saturated heterocycles. The molecule has 0 bridgehead atoms. The highest BCUT2D eigenvalue weighted by molar-refractivity contribution is 8.00. The smallest absolute Gasteiger partial charge is 0.234 e. The molecule has 0 aromatic heterocycles. The Bertz CT molecular complexity index is 619. The van der Waals surface area contributed by atoms with Gasteiger partial charge < -0.3 is 10.6 Å². The lowest BCUT2D eigenvalue weighted by Gasteiger charge is -2.07. The van der Waals surface area contributed by atoms with E-state index in [1.54, 1.807) is 12.1 Å². The number of carbonyl (C=O) groups excluding carboxylic acids is 1. The van der Waals surface area contributed by atoms with Crippen molar-refractivity contribution in [3.05, 3.63) is 59.1 Å². The van der Waals surface area contributed by atoms with E-state index >= 15 is 0 Å². The molecule has 0 atom stereocenters. The molecule has 0 aliphatic heterocycles. The van der Waals surface area contributed by atoms with E-state index in [1.165, 1.54) is 17.3 Å². The Morgan fingerprint density at radius 1 is 1.19 bits per heavy atom. The van der Waals surface area contributed by atoms with Crippen LogP contribution in [-0.4, -0.2) is 18.7 Å². The zero-order valence-electron chi connectivity index (χ0n) is 11.7. The maximum Gasteiger partial charge on any atom is 0.234 e. The Balaban J connectivity index is 1.89. The Kier molecular flexibility index (Phi) is 6.11. The second-order valence-corrected chi connectivity index (χ2v) is 5.95. The summed E-state index contributed by atoms with van der Waals surface area (Å²) in [4.78, 5) is 13.0. The zero-order valence-corrected chi connectivity index (χ0v) is 13.3. The maximum absolute atomic E-state index is 11.9. The van der Waals surface area contributed by atoms with Crippen LogP contribution in [0.3, 0.4) is 0 Å². The van der Waals surface area contributed by atoms with E-state index in [-0.39, 0.29) is 5.91 Å². The zero-order chi connectivity index (χ0) is 15.1. The van der Waals surface area contributed by atoms with Crippen LogP contribution in [0.5, 0.6) is 0 Å². The summed E-state index contributed by atoms with van der Waals surface area (Å²) in [6.07, 6.45) is 0. The first-order valence-electron chi connectivity index (χ1n) is 6.60. The summed E-state index contributed by atoms with van der Waals surface area (Å²) in [5, 5.41) is 6.48. The topological polar surface area (TPSA) is 41.1 Å². The molecule has 21 heavy (non-hydrogen) atoms. The lowest BCUT2D eigenvalue weighted by atomic mass is 10.2. The number of rotatable bonds is 6. The van der Waals surface area contributed by atoms with Crippen LogP contribution in [0.2, 0.25) is 5.02 Å². The molecule has 2 N–H and O–H groups in total. The van der Waals surface area contributed by atoms with Crippen molar-refractivity contribution in [1.29, 1.82) is 0 Å². The van der Waals surface area contributed by atoms with Crippen LogP contribution in [0.4, 0.5) is 5.69 Å². The van der Waals surface area contributed by atoms with E-state index in [0.717, 1.165) is 11.4 Å². The van der Waals surface area contributed by atoms with Crippen molar-refractivity contribution in [1.82, 2.24) is 5.32 Å². The molecular weight excluding hydrogens is 304 g/mol. The molecule has 0 aliphatic rings. The van der Waals surface area contributed by atoms with Crippen molar-refractivity contribution < 1.29 is 4.79 Å². The van der Waals surface area contributed by atoms with Crippen LogP contribution in [0.15, 0.2) is 53.4 Å². The number of nitrogens with one attached hydrogen (secondary N) is 2. The summed E-state index contributed by atoms with van der Waals surface area (Å²) in [6.45, 7) is 0.820. The Labute approximate surface area is 134 Å². The molecule has 2 aromatic carbocycles. The lowest BCUT2D eigenvalue weighted by molar-refractivity contribution is -0.113. The van der Waals surface area contributed by atoms with Crippen LogP contribution in [0.25, 0.3) is 0 Å². The van der Waals surface area contributed by atoms with Gasteiger partial charge in [-0.15, -0.1) is 11.8 Å². The molecule has 2 aromatic rings. The second-order valence-electron chi connectivity index (χ2n) is 4.49. The van der Waals surface area contributed by atoms with Crippen molar-refractivity contribution in [2.75, 3.05) is 18.1 Å². The molecule has 3 nitrogen and oxygen atoms in total. The number of para-hydroxylation sites is 1. The number of thioether (sulfide) groups is 1. The maximum atomic E-state index is 11.9. The summed E-state index contributed by atoms with van der Waals surface area (Å²) in [5.74, 6) is 0.293. The summed E-state index contributed by atoms with van der Waals surface area (Å²) in [6, 6.07) is 15.4. The number of hydrogen-bond acceptors (Lipinski definition) is 3. The van der Waals surface area contributed by atoms with Crippen molar-refractivity contribution >= 4 is 35.0 Å². The van der Waals surface area contributed by atoms with Gasteiger partial charge in [-0.1, -0.05) is 35.9 Å². The molecule has 5 heteroatoms. The molecule has 2 rings (SSSR count). The first kappa shape index (κ1) is 15.9. The van der Waals surface area contributed by atoms with E-state index in [2.05, 4.69) is 22.8 Å². The lowest BCUT2D eigenvalue weighted by Crippen LogP contribution is -2.14. The van der Waals surface area contributed by atoms with E-state index in [9.17, 15) is 4.79 Å². The van der Waals surface area contributed by atoms with Gasteiger partial charge in [-0.05, 0) is 36.9 Å². The molecule has 0 radical (unpaired) electrons. The molecule has 0 heterocycles. The standard InChI is InChI=1S/C16H17ClN2OS/c1-18-10-12-5-4-6-13(9-12)21-11-16(20)19-15-8-3-2-7-14(15)17/h2-9,18H,10-11H2,1H3,(H,19,20). The van der Waals surface area contributed by atoms with Crippen LogP contribution in [0.1, 0.15) is 5.56 Å². The average Bonchev–Trinajstić information content (AvgIpc) is 2.48. The van der Waals surface area contributed by atoms with Gasteiger partial charge in [-0.25, -0.2) is 0 Å². The van der Waals surface area contributed by atoms with Gasteiger partial charge in [-0.3, -0.25) is 4.79 Å². The van der Waals surface area contributed by atoms with E-state index in [1.807, 2.05) is 31.3 Å². The third kappa shape index (κ3) is 5.08. The highest BCUT2D eigenvalue weighted by Crippen LogP contribution is 2.22. The van der Waals surface area contributed by atoms with E-state index in [0.29, 0.717) is 16.5 Å². The third-order valence-corrected chi connectivity index (χ3v) is 4.12. The fourth-order valence-electron chi connectivity index (χ4n) is 1.85. The molecule has 0 fully saturated rings. The van der Waals surface area contributed by atoms with Gasteiger partial charge in [-0.2, -0.15) is 0 Å². The highest BCUT2D eigenvalue weighted by atomic mass is 35.5. The van der Waals surface area contributed by atoms with Gasteiger partial charge in [0.2, 0.25) is 5.91 Å². The molecule has 1 amide bonds. The summed E-state index contributed by atoms with van der Waals surface area (Å²) < 4.78 is 0. The Hall–Kier alpha value is -1.49. The van der Waals surface area contributed by atoms with Gasteiger partial charge in [0.1, 0.15) is 0 Å². The molecular formula is C16H17ClN2OS. The molecule has 0 spiro atoms. The molecule has 0 unspecified atom stereocenters. The number of halogens is 1. The highest BCUT2D eigenvalue weighted by Gasteiger charge is 2.06. The van der Waals surface area contributed by atoms with Crippen LogP contribution in [-0.2, 0) is 11.3 Å².